The van der Waals surface area contributed by atoms with E-state index in [1.54, 1.807) is 29.2 Å². The summed E-state index contributed by atoms with van der Waals surface area (Å²) in [6, 6.07) is 18.7. The molecule has 2 aromatic carbocycles. The molecule has 39 heavy (non-hydrogen) atoms. The fourth-order valence-corrected chi connectivity index (χ4v) is 6.10. The summed E-state index contributed by atoms with van der Waals surface area (Å²) in [5.41, 5.74) is 2.16. The topological polar surface area (TPSA) is 71.9 Å². The van der Waals surface area contributed by atoms with Crippen LogP contribution in [-0.4, -0.2) is 60.9 Å². The number of ether oxygens (including phenoxy) is 1. The SMILES string of the molecule is CCCCN(Cc1cccn1Cc1ccc(Br)cc1)C(=O)CN(CCCOCC)S(=O)(=O)c1ccc(Br)cc1. The zero-order chi connectivity index (χ0) is 28.3. The van der Waals surface area contributed by atoms with E-state index in [1.165, 1.54) is 4.31 Å². The Morgan fingerprint density at radius 2 is 1.59 bits per heavy atom. The Labute approximate surface area is 249 Å². The van der Waals surface area contributed by atoms with Crippen LogP contribution in [0.25, 0.3) is 0 Å². The first kappa shape index (κ1) is 31.5. The van der Waals surface area contributed by atoms with Crippen molar-refractivity contribution in [1.29, 1.82) is 0 Å². The number of hydrogen-bond acceptors (Lipinski definition) is 4. The largest absolute Gasteiger partial charge is 0.382 e. The van der Waals surface area contributed by atoms with Crippen molar-refractivity contribution >= 4 is 47.8 Å². The average molecular weight is 684 g/mol. The molecule has 212 valence electrons. The molecule has 0 aliphatic rings. The van der Waals surface area contributed by atoms with Crippen molar-refractivity contribution in [2.45, 2.75) is 51.1 Å². The van der Waals surface area contributed by atoms with Crippen molar-refractivity contribution in [2.75, 3.05) is 32.8 Å². The van der Waals surface area contributed by atoms with Gasteiger partial charge in [0.1, 0.15) is 0 Å². The van der Waals surface area contributed by atoms with Crippen molar-refractivity contribution in [1.82, 2.24) is 13.8 Å². The van der Waals surface area contributed by atoms with E-state index in [2.05, 4.69) is 55.5 Å². The molecule has 0 radical (unpaired) electrons. The van der Waals surface area contributed by atoms with Gasteiger partial charge in [-0.2, -0.15) is 4.31 Å². The quantitative estimate of drug-likeness (QED) is 0.166. The van der Waals surface area contributed by atoms with E-state index in [1.807, 2.05) is 37.4 Å². The molecule has 0 saturated carbocycles. The van der Waals surface area contributed by atoms with Gasteiger partial charge in [0.05, 0.1) is 18.0 Å². The van der Waals surface area contributed by atoms with Crippen LogP contribution in [0.5, 0.6) is 0 Å². The number of amides is 1. The molecule has 0 fully saturated rings. The predicted molar refractivity (Wildman–Crippen MR) is 162 cm³/mol. The van der Waals surface area contributed by atoms with Crippen LogP contribution in [0.2, 0.25) is 0 Å². The number of nitrogens with zero attached hydrogens (tertiary/aromatic N) is 3. The van der Waals surface area contributed by atoms with E-state index >= 15 is 0 Å². The zero-order valence-corrected chi connectivity index (χ0v) is 26.5. The number of unbranched alkanes of at least 4 members (excludes halogenated alkanes) is 1. The predicted octanol–water partition coefficient (Wildman–Crippen LogP) is 6.31. The third-order valence-corrected chi connectivity index (χ3v) is 9.26. The first-order chi connectivity index (χ1) is 18.7. The van der Waals surface area contributed by atoms with Gasteiger partial charge in [0.15, 0.2) is 0 Å². The maximum Gasteiger partial charge on any atom is 0.243 e. The molecule has 7 nitrogen and oxygen atoms in total. The minimum atomic E-state index is -3.87. The molecule has 0 saturated heterocycles. The summed E-state index contributed by atoms with van der Waals surface area (Å²) in [5, 5.41) is 0. The van der Waals surface area contributed by atoms with Crippen LogP contribution in [0.4, 0.5) is 0 Å². The van der Waals surface area contributed by atoms with Gasteiger partial charge in [0.2, 0.25) is 15.9 Å². The van der Waals surface area contributed by atoms with Crippen molar-refractivity contribution in [3.8, 4) is 0 Å². The molecule has 0 aliphatic carbocycles. The number of carbonyl (C=O) groups is 1. The summed E-state index contributed by atoms with van der Waals surface area (Å²) >= 11 is 6.84. The number of carbonyl (C=O) groups excluding carboxylic acids is 1. The Bertz CT molecular complexity index is 1280. The Balaban J connectivity index is 1.80. The lowest BCUT2D eigenvalue weighted by Gasteiger charge is -2.28. The third-order valence-electron chi connectivity index (χ3n) is 6.34. The number of rotatable bonds is 16. The van der Waals surface area contributed by atoms with E-state index in [4.69, 9.17) is 4.74 Å². The minimum absolute atomic E-state index is 0.165. The summed E-state index contributed by atoms with van der Waals surface area (Å²) in [4.78, 5) is 15.6. The van der Waals surface area contributed by atoms with E-state index in [-0.39, 0.29) is 23.9 Å². The smallest absolute Gasteiger partial charge is 0.243 e. The summed E-state index contributed by atoms with van der Waals surface area (Å²) in [7, 11) is -3.87. The maximum atomic E-state index is 13.7. The molecule has 1 amide bonds. The molecular formula is C29H37Br2N3O4S. The zero-order valence-electron chi connectivity index (χ0n) is 22.6. The Morgan fingerprint density at radius 3 is 2.23 bits per heavy atom. The van der Waals surface area contributed by atoms with Crippen molar-refractivity contribution in [2.24, 2.45) is 0 Å². The molecule has 0 bridgehead atoms. The molecule has 3 rings (SSSR count). The van der Waals surface area contributed by atoms with Gasteiger partial charge in [0, 0.05) is 53.7 Å². The molecule has 0 N–H and O–H groups in total. The average Bonchev–Trinajstić information content (AvgIpc) is 3.35. The molecule has 3 aromatic rings. The van der Waals surface area contributed by atoms with Crippen LogP contribution in [0.1, 0.15) is 44.4 Å². The van der Waals surface area contributed by atoms with Gasteiger partial charge in [-0.1, -0.05) is 57.3 Å². The summed E-state index contributed by atoms with van der Waals surface area (Å²) < 4.78 is 37.8. The second kappa shape index (κ2) is 15.7. The fourth-order valence-electron chi connectivity index (χ4n) is 4.15. The molecule has 0 atom stereocenters. The highest BCUT2D eigenvalue weighted by atomic mass is 79.9. The van der Waals surface area contributed by atoms with Crippen LogP contribution in [0.15, 0.2) is 80.7 Å². The highest BCUT2D eigenvalue weighted by Crippen LogP contribution is 2.20. The summed E-state index contributed by atoms with van der Waals surface area (Å²) in [6.45, 7) is 6.61. The van der Waals surface area contributed by atoms with E-state index in [9.17, 15) is 13.2 Å². The molecule has 10 heteroatoms. The Kier molecular flexibility index (Phi) is 12.7. The van der Waals surface area contributed by atoms with Crippen molar-refractivity contribution in [3.63, 3.8) is 0 Å². The van der Waals surface area contributed by atoms with Gasteiger partial charge in [-0.15, -0.1) is 0 Å². The Morgan fingerprint density at radius 1 is 0.923 bits per heavy atom. The number of sulfonamides is 1. The van der Waals surface area contributed by atoms with Crippen LogP contribution in [0.3, 0.4) is 0 Å². The highest BCUT2D eigenvalue weighted by Gasteiger charge is 2.28. The van der Waals surface area contributed by atoms with Gasteiger partial charge < -0.3 is 14.2 Å². The van der Waals surface area contributed by atoms with Crippen molar-refractivity contribution < 1.29 is 17.9 Å². The van der Waals surface area contributed by atoms with Crippen LogP contribution in [-0.2, 0) is 32.6 Å². The number of benzene rings is 2. The highest BCUT2D eigenvalue weighted by molar-refractivity contribution is 9.10. The minimum Gasteiger partial charge on any atom is -0.382 e. The molecule has 1 aromatic heterocycles. The molecular weight excluding hydrogens is 646 g/mol. The summed E-state index contributed by atoms with van der Waals surface area (Å²) in [5.74, 6) is -0.211. The monoisotopic (exact) mass is 681 g/mol. The fraction of sp³-hybridized carbons (Fsp3) is 0.414. The van der Waals surface area contributed by atoms with E-state index in [0.29, 0.717) is 39.3 Å². The number of aromatic nitrogens is 1. The van der Waals surface area contributed by atoms with Gasteiger partial charge in [0.25, 0.3) is 0 Å². The third kappa shape index (κ3) is 9.56. The molecule has 0 aliphatic heterocycles. The van der Waals surface area contributed by atoms with Gasteiger partial charge in [-0.3, -0.25) is 4.79 Å². The Hall–Kier alpha value is -1.98. The first-order valence-corrected chi connectivity index (χ1v) is 16.3. The van der Waals surface area contributed by atoms with Gasteiger partial charge in [-0.25, -0.2) is 8.42 Å². The van der Waals surface area contributed by atoms with Crippen molar-refractivity contribution in [3.05, 3.63) is 87.1 Å². The number of hydrogen-bond donors (Lipinski definition) is 0. The normalized spacial score (nSPS) is 11.7. The van der Waals surface area contributed by atoms with Crippen LogP contribution < -0.4 is 0 Å². The second-order valence-electron chi connectivity index (χ2n) is 9.27. The molecule has 0 unspecified atom stereocenters. The number of halogens is 2. The van der Waals surface area contributed by atoms with Gasteiger partial charge >= 0.3 is 0 Å². The lowest BCUT2D eigenvalue weighted by Crippen LogP contribution is -2.43. The van der Waals surface area contributed by atoms with Crippen LogP contribution >= 0.6 is 31.9 Å². The summed E-state index contributed by atoms with van der Waals surface area (Å²) in [6.07, 6.45) is 4.28. The van der Waals surface area contributed by atoms with Gasteiger partial charge in [-0.05, 0) is 73.9 Å². The second-order valence-corrected chi connectivity index (χ2v) is 13.0. The van der Waals surface area contributed by atoms with Crippen LogP contribution in [0, 0.1) is 0 Å². The van der Waals surface area contributed by atoms with E-state index < -0.39 is 10.0 Å². The standard InChI is InChI=1S/C29H37Br2N3O4S/c1-3-5-17-33(22-27-8-6-18-32(27)21-24-9-11-25(30)12-10-24)29(35)23-34(19-7-20-38-4-2)39(36,37)28-15-13-26(31)14-16-28/h6,8-16,18H,3-5,7,17,19-23H2,1-2H3. The first-order valence-electron chi connectivity index (χ1n) is 13.2. The lowest BCUT2D eigenvalue weighted by molar-refractivity contribution is -0.132. The molecule has 1 heterocycles. The molecule has 0 spiro atoms. The van der Waals surface area contributed by atoms with E-state index in [0.717, 1.165) is 33.0 Å². The maximum absolute atomic E-state index is 13.7. The lowest BCUT2D eigenvalue weighted by atomic mass is 10.2.